The molecule has 0 aliphatic carbocycles. The molecule has 0 radical (unpaired) electrons. The second-order valence-electron chi connectivity index (χ2n) is 6.94. The lowest BCUT2D eigenvalue weighted by Gasteiger charge is -2.28. The molecule has 2 aromatic carbocycles. The van der Waals surface area contributed by atoms with E-state index in [1.165, 1.54) is 16.4 Å². The molecule has 5 nitrogen and oxygen atoms in total. The molecule has 2 aliphatic rings. The second kappa shape index (κ2) is 6.99. The number of nitrogens with one attached hydrogen (secondary N) is 1. The highest BCUT2D eigenvalue weighted by molar-refractivity contribution is 7.89. The molecule has 0 atom stereocenters. The number of anilines is 1. The van der Waals surface area contributed by atoms with Crippen LogP contribution in [-0.2, 0) is 14.8 Å². The Hall–Kier alpha value is -2.22. The van der Waals surface area contributed by atoms with E-state index in [9.17, 15) is 17.6 Å². The van der Waals surface area contributed by atoms with Crippen molar-refractivity contribution < 1.29 is 17.6 Å². The number of fused-ring (bicyclic) bond motifs is 1. The van der Waals surface area contributed by atoms with Crippen molar-refractivity contribution in [3.05, 3.63) is 63.9 Å². The largest absolute Gasteiger partial charge is 0.321 e. The van der Waals surface area contributed by atoms with Crippen LogP contribution in [0.15, 0.2) is 46.9 Å². The van der Waals surface area contributed by atoms with Gasteiger partial charge in [-0.2, -0.15) is 4.31 Å². The molecule has 1 fully saturated rings. The maximum Gasteiger partial charge on any atom is 0.256 e. The predicted molar refractivity (Wildman–Crippen MR) is 106 cm³/mol. The Morgan fingerprint density at radius 3 is 2.50 bits per heavy atom. The van der Waals surface area contributed by atoms with Crippen LogP contribution in [0, 0.1) is 12.7 Å². The zero-order valence-electron chi connectivity index (χ0n) is 15.1. The normalized spacial score (nSPS) is 17.6. The van der Waals surface area contributed by atoms with E-state index < -0.39 is 15.8 Å². The number of hydrogen-bond donors (Lipinski definition) is 1. The first-order chi connectivity index (χ1) is 13.3. The Morgan fingerprint density at radius 2 is 1.82 bits per heavy atom. The number of carbonyl (C=O) groups excluding carboxylic acids is 1. The van der Waals surface area contributed by atoms with Crippen molar-refractivity contribution in [1.82, 2.24) is 4.31 Å². The third-order valence-corrected chi connectivity index (χ3v) is 7.32. The zero-order valence-corrected chi connectivity index (χ0v) is 16.7. The third-order valence-electron chi connectivity index (χ3n) is 5.19. The van der Waals surface area contributed by atoms with Gasteiger partial charge in [-0.25, -0.2) is 12.8 Å². The molecule has 2 aromatic rings. The summed E-state index contributed by atoms with van der Waals surface area (Å²) < 4.78 is 40.8. The Balaban J connectivity index is 1.59. The lowest BCUT2D eigenvalue weighted by molar-refractivity contribution is -0.110. The quantitative estimate of drug-likeness (QED) is 0.747. The van der Waals surface area contributed by atoms with Crippen LogP contribution in [-0.4, -0.2) is 31.7 Å². The highest BCUT2D eigenvalue weighted by atomic mass is 35.5. The summed E-state index contributed by atoms with van der Waals surface area (Å²) in [6, 6.07) is 9.18. The van der Waals surface area contributed by atoms with Crippen LogP contribution in [0.3, 0.4) is 0 Å². The third kappa shape index (κ3) is 3.23. The van der Waals surface area contributed by atoms with Gasteiger partial charge in [0, 0.05) is 29.2 Å². The Kier molecular flexibility index (Phi) is 4.77. The van der Waals surface area contributed by atoms with Crippen molar-refractivity contribution in [2.45, 2.75) is 24.7 Å². The second-order valence-corrected chi connectivity index (χ2v) is 9.31. The minimum absolute atomic E-state index is 0.0506. The fourth-order valence-corrected chi connectivity index (χ4v) is 5.25. The van der Waals surface area contributed by atoms with Crippen molar-refractivity contribution >= 4 is 38.8 Å². The van der Waals surface area contributed by atoms with E-state index in [0.29, 0.717) is 34.7 Å². The molecule has 28 heavy (non-hydrogen) atoms. The van der Waals surface area contributed by atoms with Gasteiger partial charge in [0.15, 0.2) is 0 Å². The van der Waals surface area contributed by atoms with Gasteiger partial charge in [-0.1, -0.05) is 29.3 Å². The Labute approximate surface area is 167 Å². The summed E-state index contributed by atoms with van der Waals surface area (Å²) in [5.74, 6) is -0.733. The number of aryl methyl sites for hydroxylation is 1. The Morgan fingerprint density at radius 1 is 1.11 bits per heavy atom. The summed E-state index contributed by atoms with van der Waals surface area (Å²) in [6.07, 6.45) is 0.886. The summed E-state index contributed by atoms with van der Waals surface area (Å²) in [5.41, 5.74) is 3.38. The molecule has 1 saturated heterocycles. The first-order valence-electron chi connectivity index (χ1n) is 8.87. The molecule has 4 rings (SSSR count). The molecule has 0 saturated carbocycles. The maximum atomic E-state index is 13.8. The molecule has 0 aromatic heterocycles. The minimum Gasteiger partial charge on any atom is -0.321 e. The molecule has 1 amide bonds. The molecular formula is C20H18ClFN2O3S. The number of sulfonamides is 1. The SMILES string of the molecule is Cc1ccc(S(=O)(=O)N2CCC(=C3C(=O)Nc4cc(Cl)ccc43)CC2)cc1F. The van der Waals surface area contributed by atoms with Crippen molar-refractivity contribution in [3.63, 3.8) is 0 Å². The fraction of sp³-hybridized carbons (Fsp3) is 0.250. The fourth-order valence-electron chi connectivity index (χ4n) is 3.63. The van der Waals surface area contributed by atoms with Gasteiger partial charge in [-0.05, 0) is 49.6 Å². The van der Waals surface area contributed by atoms with Gasteiger partial charge < -0.3 is 5.32 Å². The van der Waals surface area contributed by atoms with Crippen molar-refractivity contribution in [2.75, 3.05) is 18.4 Å². The van der Waals surface area contributed by atoms with Gasteiger partial charge in [-0.15, -0.1) is 0 Å². The number of amides is 1. The lowest BCUT2D eigenvalue weighted by atomic mass is 9.95. The number of rotatable bonds is 2. The van der Waals surface area contributed by atoms with Gasteiger partial charge in [0.1, 0.15) is 5.82 Å². The predicted octanol–water partition coefficient (Wildman–Crippen LogP) is 3.98. The molecule has 146 valence electrons. The summed E-state index contributed by atoms with van der Waals surface area (Å²) in [5, 5.41) is 3.35. The lowest BCUT2D eigenvalue weighted by Crippen LogP contribution is -2.36. The number of piperidine rings is 1. The number of benzene rings is 2. The number of nitrogens with zero attached hydrogens (tertiary/aromatic N) is 1. The summed E-state index contributed by atoms with van der Waals surface area (Å²) in [6.45, 7) is 2.07. The van der Waals surface area contributed by atoms with Crippen LogP contribution in [0.5, 0.6) is 0 Å². The molecule has 0 unspecified atom stereocenters. The first-order valence-corrected chi connectivity index (χ1v) is 10.7. The highest BCUT2D eigenvalue weighted by Crippen LogP contribution is 2.38. The molecule has 2 aliphatic heterocycles. The summed E-state index contributed by atoms with van der Waals surface area (Å²) in [4.78, 5) is 12.4. The van der Waals surface area contributed by atoms with Crippen molar-refractivity contribution in [2.24, 2.45) is 0 Å². The molecule has 0 spiro atoms. The van der Waals surface area contributed by atoms with E-state index in [0.717, 1.165) is 17.2 Å². The first kappa shape index (κ1) is 19.1. The number of halogens is 2. The van der Waals surface area contributed by atoms with E-state index in [1.54, 1.807) is 25.1 Å². The zero-order chi connectivity index (χ0) is 20.1. The minimum atomic E-state index is -3.78. The molecule has 2 heterocycles. The van der Waals surface area contributed by atoms with Gasteiger partial charge in [0.05, 0.1) is 10.6 Å². The van der Waals surface area contributed by atoms with Crippen LogP contribution < -0.4 is 5.32 Å². The number of hydrogen-bond acceptors (Lipinski definition) is 3. The summed E-state index contributed by atoms with van der Waals surface area (Å²) in [7, 11) is -3.78. The van der Waals surface area contributed by atoms with E-state index in [1.807, 2.05) is 0 Å². The number of carbonyl (C=O) groups is 1. The molecule has 0 bridgehead atoms. The average Bonchev–Trinajstić information content (AvgIpc) is 2.98. The van der Waals surface area contributed by atoms with Gasteiger partial charge in [0.2, 0.25) is 10.0 Å². The van der Waals surface area contributed by atoms with Crippen LogP contribution in [0.25, 0.3) is 5.57 Å². The van der Waals surface area contributed by atoms with E-state index in [2.05, 4.69) is 5.32 Å². The van der Waals surface area contributed by atoms with Crippen LogP contribution >= 0.6 is 11.6 Å². The van der Waals surface area contributed by atoms with Crippen molar-refractivity contribution in [1.29, 1.82) is 0 Å². The van der Waals surface area contributed by atoms with E-state index in [4.69, 9.17) is 11.6 Å². The average molecular weight is 421 g/mol. The van der Waals surface area contributed by atoms with Gasteiger partial charge in [0.25, 0.3) is 5.91 Å². The van der Waals surface area contributed by atoms with Crippen molar-refractivity contribution in [3.8, 4) is 0 Å². The molecular weight excluding hydrogens is 403 g/mol. The van der Waals surface area contributed by atoms with Crippen LogP contribution in [0.4, 0.5) is 10.1 Å². The smallest absolute Gasteiger partial charge is 0.256 e. The van der Waals surface area contributed by atoms with E-state index in [-0.39, 0.29) is 23.9 Å². The van der Waals surface area contributed by atoms with Crippen LogP contribution in [0.1, 0.15) is 24.0 Å². The summed E-state index contributed by atoms with van der Waals surface area (Å²) >= 11 is 5.99. The standard InChI is InChI=1S/C20H18ClFN2O3S/c1-12-2-4-15(11-17(12)22)28(26,27)24-8-6-13(7-9-24)19-16-5-3-14(21)10-18(16)23-20(19)25/h2-5,10-11H,6-9H2,1H3,(H,23,25). The van der Waals surface area contributed by atoms with Crippen LogP contribution in [0.2, 0.25) is 5.02 Å². The monoisotopic (exact) mass is 420 g/mol. The highest BCUT2D eigenvalue weighted by Gasteiger charge is 2.32. The molecule has 1 N–H and O–H groups in total. The van der Waals surface area contributed by atoms with E-state index >= 15 is 0 Å². The topological polar surface area (TPSA) is 66.5 Å². The van der Waals surface area contributed by atoms with Gasteiger partial charge >= 0.3 is 0 Å². The van der Waals surface area contributed by atoms with Gasteiger partial charge in [-0.3, -0.25) is 4.79 Å². The maximum absolute atomic E-state index is 13.8. The molecule has 8 heteroatoms. The Bertz CT molecular complexity index is 1120.